The minimum Gasteiger partial charge on any atom is -0.416 e. The van der Waals surface area contributed by atoms with E-state index in [9.17, 15) is 15.0 Å². The van der Waals surface area contributed by atoms with E-state index in [2.05, 4.69) is 10.3 Å². The number of aliphatic hydroxyl groups is 2. The minimum atomic E-state index is -0.425. The van der Waals surface area contributed by atoms with Crippen LogP contribution < -0.4 is 10.1 Å². The van der Waals surface area contributed by atoms with Crippen molar-refractivity contribution >= 4 is 5.91 Å². The predicted octanol–water partition coefficient (Wildman–Crippen LogP) is 2.11. The number of carbonyl (C=O) groups is 1. The van der Waals surface area contributed by atoms with Gasteiger partial charge in [0.05, 0.1) is 13.2 Å². The number of amides is 1. The minimum absolute atomic E-state index is 0.00563. The summed E-state index contributed by atoms with van der Waals surface area (Å²) >= 11 is 0. The van der Waals surface area contributed by atoms with E-state index in [1.165, 1.54) is 6.26 Å². The van der Waals surface area contributed by atoms with Gasteiger partial charge in [-0.3, -0.25) is 4.79 Å². The van der Waals surface area contributed by atoms with Crippen LogP contribution in [0.2, 0.25) is 0 Å². The van der Waals surface area contributed by atoms with Crippen molar-refractivity contribution in [1.82, 2.24) is 10.3 Å². The van der Waals surface area contributed by atoms with Crippen LogP contribution in [0.4, 0.5) is 0 Å². The number of carbonyl (C=O) groups excluding carboxylic acids is 1. The molecule has 0 spiro atoms. The number of oxazole rings is 1. The molecule has 1 fully saturated rings. The highest BCUT2D eigenvalue weighted by Crippen LogP contribution is 2.35. The number of hydrogen-bond acceptors (Lipinski definition) is 6. The fraction of sp³-hybridized carbons (Fsp3) is 0.444. The van der Waals surface area contributed by atoms with Crippen LogP contribution in [0.25, 0.3) is 0 Å². The van der Waals surface area contributed by atoms with Gasteiger partial charge >= 0.3 is 6.08 Å². The van der Waals surface area contributed by atoms with Crippen LogP contribution in [-0.4, -0.2) is 40.4 Å². The lowest BCUT2D eigenvalue weighted by atomic mass is 9.73. The Bertz CT molecular complexity index is 687. The summed E-state index contributed by atoms with van der Waals surface area (Å²) in [6.07, 6.45) is 4.04. The normalized spacial score (nSPS) is 17.2. The van der Waals surface area contributed by atoms with Crippen LogP contribution in [0.5, 0.6) is 11.8 Å². The van der Waals surface area contributed by atoms with Crippen LogP contribution in [0.15, 0.2) is 41.0 Å². The zero-order valence-corrected chi connectivity index (χ0v) is 13.9. The molecule has 2 aromatic rings. The zero-order valence-electron chi connectivity index (χ0n) is 13.9. The van der Waals surface area contributed by atoms with Crippen LogP contribution in [0.1, 0.15) is 36.2 Å². The largest absolute Gasteiger partial charge is 0.416 e. The van der Waals surface area contributed by atoms with Crippen LogP contribution in [-0.2, 0) is 0 Å². The molecule has 1 heterocycles. The van der Waals surface area contributed by atoms with Gasteiger partial charge in [-0.25, -0.2) is 0 Å². The predicted molar refractivity (Wildman–Crippen MR) is 89.3 cm³/mol. The van der Waals surface area contributed by atoms with Gasteiger partial charge in [-0.2, -0.15) is 4.98 Å². The van der Waals surface area contributed by atoms with E-state index in [1.807, 2.05) is 18.2 Å². The Labute approximate surface area is 145 Å². The van der Waals surface area contributed by atoms with E-state index in [0.29, 0.717) is 31.4 Å². The summed E-state index contributed by atoms with van der Waals surface area (Å²) in [6, 6.07) is 9.05. The highest BCUT2D eigenvalue weighted by Gasteiger charge is 2.35. The highest BCUT2D eigenvalue weighted by atomic mass is 16.6. The second-order valence-corrected chi connectivity index (χ2v) is 6.48. The Kier molecular flexibility index (Phi) is 5.35. The molecule has 1 aliphatic rings. The summed E-state index contributed by atoms with van der Waals surface area (Å²) in [5.41, 5.74) is -0.265. The number of para-hydroxylation sites is 1. The molecule has 0 atom stereocenters. The third-order valence-electron chi connectivity index (χ3n) is 4.72. The average Bonchev–Trinajstić information content (AvgIpc) is 3.12. The van der Waals surface area contributed by atoms with Gasteiger partial charge in [0.1, 0.15) is 12.0 Å². The molecule has 3 rings (SSSR count). The van der Waals surface area contributed by atoms with Gasteiger partial charge in [0.2, 0.25) is 0 Å². The van der Waals surface area contributed by atoms with E-state index in [4.69, 9.17) is 9.15 Å². The van der Waals surface area contributed by atoms with Crippen molar-refractivity contribution in [1.29, 1.82) is 0 Å². The van der Waals surface area contributed by atoms with Crippen LogP contribution in [0, 0.1) is 5.41 Å². The fourth-order valence-electron chi connectivity index (χ4n) is 3.00. The summed E-state index contributed by atoms with van der Waals surface area (Å²) in [5.74, 6) is 0.255. The van der Waals surface area contributed by atoms with Gasteiger partial charge < -0.3 is 24.7 Å². The molecule has 134 valence electrons. The topological polar surface area (TPSA) is 105 Å². The molecule has 1 aliphatic carbocycles. The second kappa shape index (κ2) is 7.67. The monoisotopic (exact) mass is 346 g/mol. The molecule has 1 amide bonds. The van der Waals surface area contributed by atoms with E-state index in [1.54, 1.807) is 12.1 Å². The van der Waals surface area contributed by atoms with Gasteiger partial charge in [-0.1, -0.05) is 18.2 Å². The number of aromatic nitrogens is 1. The SMILES string of the molecule is O=C(NC1CCC(CO)(CO)CC1)c1coc(Oc2ccccc2)n1. The molecular weight excluding hydrogens is 324 g/mol. The Morgan fingerprint density at radius 1 is 1.24 bits per heavy atom. The van der Waals surface area contributed by atoms with Crippen molar-refractivity contribution in [3.8, 4) is 11.8 Å². The molecule has 0 aliphatic heterocycles. The van der Waals surface area contributed by atoms with Crippen LogP contribution in [0.3, 0.4) is 0 Å². The lowest BCUT2D eigenvalue weighted by Gasteiger charge is -2.37. The first-order valence-corrected chi connectivity index (χ1v) is 8.35. The van der Waals surface area contributed by atoms with Gasteiger partial charge in [0.25, 0.3) is 5.91 Å². The summed E-state index contributed by atoms with van der Waals surface area (Å²) in [7, 11) is 0. The van der Waals surface area contributed by atoms with Crippen molar-refractivity contribution < 1.29 is 24.2 Å². The number of hydrogen-bond donors (Lipinski definition) is 3. The first-order chi connectivity index (χ1) is 12.1. The number of ether oxygens (including phenoxy) is 1. The van der Waals surface area contributed by atoms with Crippen molar-refractivity contribution in [2.45, 2.75) is 31.7 Å². The number of benzene rings is 1. The second-order valence-electron chi connectivity index (χ2n) is 6.48. The summed E-state index contributed by atoms with van der Waals surface area (Å²) < 4.78 is 10.6. The Hall–Kier alpha value is -2.38. The maximum absolute atomic E-state index is 12.3. The van der Waals surface area contributed by atoms with Gasteiger partial charge in [-0.15, -0.1) is 0 Å². The van der Waals surface area contributed by atoms with Gasteiger partial charge in [0.15, 0.2) is 5.69 Å². The lowest BCUT2D eigenvalue weighted by molar-refractivity contribution is 0.0164. The molecule has 1 aromatic heterocycles. The van der Waals surface area contributed by atoms with E-state index < -0.39 is 5.41 Å². The number of nitrogens with zero attached hydrogens (tertiary/aromatic N) is 1. The fourth-order valence-corrected chi connectivity index (χ4v) is 3.00. The molecule has 1 saturated carbocycles. The summed E-state index contributed by atoms with van der Waals surface area (Å²) in [6.45, 7) is -0.0682. The zero-order chi connectivity index (χ0) is 17.7. The van der Waals surface area contributed by atoms with Gasteiger partial charge in [-0.05, 0) is 37.8 Å². The third-order valence-corrected chi connectivity index (χ3v) is 4.72. The molecule has 0 radical (unpaired) electrons. The molecular formula is C18H22N2O5. The first kappa shape index (κ1) is 17.4. The molecule has 1 aromatic carbocycles. The molecule has 7 nitrogen and oxygen atoms in total. The van der Waals surface area contributed by atoms with Crippen molar-refractivity contribution in [2.75, 3.05) is 13.2 Å². The molecule has 25 heavy (non-hydrogen) atoms. The summed E-state index contributed by atoms with van der Waals surface area (Å²) in [5, 5.41) is 21.8. The van der Waals surface area contributed by atoms with Crippen molar-refractivity contribution in [3.63, 3.8) is 0 Å². The molecule has 3 N–H and O–H groups in total. The molecule has 0 bridgehead atoms. The summed E-state index contributed by atoms with van der Waals surface area (Å²) in [4.78, 5) is 16.3. The highest BCUT2D eigenvalue weighted by molar-refractivity contribution is 5.92. The first-order valence-electron chi connectivity index (χ1n) is 8.35. The Morgan fingerprint density at radius 3 is 2.56 bits per heavy atom. The third kappa shape index (κ3) is 4.18. The van der Waals surface area contributed by atoms with Crippen LogP contribution >= 0.6 is 0 Å². The maximum atomic E-state index is 12.3. The standard InChI is InChI=1S/C18H22N2O5/c21-11-18(12-22)8-6-13(7-9-18)19-16(23)15-10-24-17(20-15)25-14-4-2-1-3-5-14/h1-5,10,13,21-22H,6-9,11-12H2,(H,19,23). The number of rotatable bonds is 6. The van der Waals surface area contributed by atoms with E-state index in [-0.39, 0.29) is 36.9 Å². The number of aliphatic hydroxyl groups excluding tert-OH is 2. The molecule has 0 unspecified atom stereocenters. The Balaban J connectivity index is 1.54. The smallest absolute Gasteiger partial charge is 0.399 e. The molecule has 7 heteroatoms. The van der Waals surface area contributed by atoms with E-state index >= 15 is 0 Å². The van der Waals surface area contributed by atoms with E-state index in [0.717, 1.165) is 0 Å². The number of nitrogens with one attached hydrogen (secondary N) is 1. The maximum Gasteiger partial charge on any atom is 0.399 e. The Morgan fingerprint density at radius 2 is 1.92 bits per heavy atom. The van der Waals surface area contributed by atoms with Crippen molar-refractivity contribution in [3.05, 3.63) is 42.3 Å². The van der Waals surface area contributed by atoms with Crippen molar-refractivity contribution in [2.24, 2.45) is 5.41 Å². The van der Waals surface area contributed by atoms with Gasteiger partial charge in [0, 0.05) is 11.5 Å². The average molecular weight is 346 g/mol. The lowest BCUT2D eigenvalue weighted by Crippen LogP contribution is -2.43. The quantitative estimate of drug-likeness (QED) is 0.740. The molecule has 0 saturated heterocycles.